The van der Waals surface area contributed by atoms with Crippen LogP contribution in [0.3, 0.4) is 0 Å². The van der Waals surface area contributed by atoms with Gasteiger partial charge in [-0.2, -0.15) is 4.98 Å². The van der Waals surface area contributed by atoms with Crippen molar-refractivity contribution in [2.45, 2.75) is 44.2 Å². The second-order valence-corrected chi connectivity index (χ2v) is 11.3. The lowest BCUT2D eigenvalue weighted by Gasteiger charge is -2.39. The molecule has 1 atom stereocenters. The summed E-state index contributed by atoms with van der Waals surface area (Å²) in [6.45, 7) is 8.73. The molecule has 8 nitrogen and oxygen atoms in total. The monoisotopic (exact) mass is 507 g/mol. The first-order chi connectivity index (χ1) is 13.3. The minimum absolute atomic E-state index is 0.0626. The number of oxazole rings is 1. The summed E-state index contributed by atoms with van der Waals surface area (Å²) in [7, 11) is -3.61. The summed E-state index contributed by atoms with van der Waals surface area (Å²) >= 11 is 9.52. The summed E-state index contributed by atoms with van der Waals surface area (Å²) in [5.74, 6) is 0. The smallest absolute Gasteiger partial charge is 0.410 e. The van der Waals surface area contributed by atoms with E-state index in [1.165, 1.54) is 6.07 Å². The number of amides is 1. The molecule has 2 heterocycles. The van der Waals surface area contributed by atoms with Crippen LogP contribution in [0, 0.1) is 0 Å². The molecule has 1 aliphatic heterocycles. The fourth-order valence-corrected chi connectivity index (χ4v) is 5.34. The zero-order valence-corrected chi connectivity index (χ0v) is 20.0. The maximum Gasteiger partial charge on any atom is 0.410 e. The van der Waals surface area contributed by atoms with E-state index in [9.17, 15) is 13.2 Å². The van der Waals surface area contributed by atoms with Crippen LogP contribution in [0.15, 0.2) is 19.9 Å². The Morgan fingerprint density at radius 2 is 2.03 bits per heavy atom. The van der Waals surface area contributed by atoms with Crippen molar-refractivity contribution < 1.29 is 22.4 Å². The van der Waals surface area contributed by atoms with Gasteiger partial charge in [-0.3, -0.25) is 0 Å². The van der Waals surface area contributed by atoms with Gasteiger partial charge in [0.05, 0.1) is 9.50 Å². The normalized spacial score (nSPS) is 18.4. The second kappa shape index (κ2) is 7.63. The van der Waals surface area contributed by atoms with Gasteiger partial charge in [0.2, 0.25) is 0 Å². The van der Waals surface area contributed by atoms with E-state index in [0.29, 0.717) is 29.7 Å². The number of nitrogens with zero attached hydrogens (tertiary/aromatic N) is 3. The number of benzene rings is 1. The molecule has 0 saturated carbocycles. The lowest BCUT2D eigenvalue weighted by molar-refractivity contribution is 0.0216. The van der Waals surface area contributed by atoms with Gasteiger partial charge in [-0.15, -0.1) is 0 Å². The number of halogens is 2. The highest BCUT2D eigenvalue weighted by Gasteiger charge is 2.33. The van der Waals surface area contributed by atoms with Crippen LogP contribution < -0.4 is 4.90 Å². The van der Waals surface area contributed by atoms with Gasteiger partial charge in [0, 0.05) is 31.9 Å². The Morgan fingerprint density at radius 3 is 2.59 bits per heavy atom. The summed E-state index contributed by atoms with van der Waals surface area (Å²) in [5.41, 5.74) is -0.0686. The third-order valence-electron chi connectivity index (χ3n) is 4.41. The molecule has 160 valence electrons. The highest BCUT2D eigenvalue weighted by molar-refractivity contribution is 9.10. The molecule has 0 aliphatic carbocycles. The molecule has 1 aromatic heterocycles. The van der Waals surface area contributed by atoms with Crippen molar-refractivity contribution >= 4 is 60.6 Å². The quantitative estimate of drug-likeness (QED) is 0.603. The molecular weight excluding hydrogens is 486 g/mol. The average Bonchev–Trinajstić information content (AvgIpc) is 2.96. The molecular formula is C18H23BrClN3O5S. The van der Waals surface area contributed by atoms with Gasteiger partial charge in [0.25, 0.3) is 6.01 Å². The molecule has 0 N–H and O–H groups in total. The van der Waals surface area contributed by atoms with Gasteiger partial charge in [-0.05, 0) is 49.7 Å². The molecule has 0 radical (unpaired) electrons. The van der Waals surface area contributed by atoms with E-state index in [4.69, 9.17) is 20.8 Å². The van der Waals surface area contributed by atoms with Crippen molar-refractivity contribution in [3.63, 3.8) is 0 Å². The van der Waals surface area contributed by atoms with E-state index in [1.807, 2.05) is 32.6 Å². The van der Waals surface area contributed by atoms with Crippen LogP contribution in [0.2, 0.25) is 5.02 Å². The van der Waals surface area contributed by atoms with Gasteiger partial charge < -0.3 is 19.0 Å². The number of carbonyl (C=O) groups is 1. The number of sulfone groups is 1. The van der Waals surface area contributed by atoms with E-state index in [-0.39, 0.29) is 33.6 Å². The Hall–Kier alpha value is -1.52. The molecule has 0 bridgehead atoms. The van der Waals surface area contributed by atoms with E-state index in [1.54, 1.807) is 4.90 Å². The first kappa shape index (κ1) is 22.2. The molecule has 1 unspecified atom stereocenters. The summed E-state index contributed by atoms with van der Waals surface area (Å²) in [5, 5.41) is 0.0783. The fourth-order valence-electron chi connectivity index (χ4n) is 3.19. The van der Waals surface area contributed by atoms with E-state index >= 15 is 0 Å². The third kappa shape index (κ3) is 4.64. The lowest BCUT2D eigenvalue weighted by Crippen LogP contribution is -2.54. The van der Waals surface area contributed by atoms with Gasteiger partial charge in [-0.1, -0.05) is 11.6 Å². The molecule has 11 heteroatoms. The molecule has 0 spiro atoms. The number of rotatable bonds is 2. The molecule has 29 heavy (non-hydrogen) atoms. The number of piperazine rings is 1. The van der Waals surface area contributed by atoms with E-state index in [0.717, 1.165) is 6.26 Å². The van der Waals surface area contributed by atoms with Crippen molar-refractivity contribution in [2.75, 3.05) is 30.8 Å². The SMILES string of the molecule is CC1CN(C(=O)OC(C)(C)C)CCN1c1nc2c(S(C)(=O)=O)c(Cl)cc(Br)c2o1. The third-order valence-corrected chi connectivity index (χ3v) is 6.57. The number of hydrogen-bond acceptors (Lipinski definition) is 7. The number of ether oxygens (including phenoxy) is 1. The standard InChI is InChI=1S/C18H23BrClN3O5S/c1-10-9-22(17(24)28-18(2,3)4)6-7-23(10)16-21-13-14(27-16)11(19)8-12(20)15(13)29(5,25)26/h8,10H,6-7,9H2,1-5H3. The zero-order valence-electron chi connectivity index (χ0n) is 16.8. The van der Waals surface area contributed by atoms with Crippen LogP contribution in [0.4, 0.5) is 10.8 Å². The number of carbonyl (C=O) groups excluding carboxylic acids is 1. The number of fused-ring (bicyclic) bond motifs is 1. The Balaban J connectivity index is 1.91. The van der Waals surface area contributed by atoms with Crippen LogP contribution >= 0.6 is 27.5 Å². The van der Waals surface area contributed by atoms with Crippen LogP contribution in [-0.2, 0) is 14.6 Å². The lowest BCUT2D eigenvalue weighted by atomic mass is 10.2. The Morgan fingerprint density at radius 1 is 1.38 bits per heavy atom. The van der Waals surface area contributed by atoms with Crippen molar-refractivity contribution in [1.29, 1.82) is 0 Å². The van der Waals surface area contributed by atoms with Crippen LogP contribution in [-0.4, -0.2) is 61.9 Å². The van der Waals surface area contributed by atoms with Crippen LogP contribution in [0.25, 0.3) is 11.1 Å². The second-order valence-electron chi connectivity index (χ2n) is 8.08. The summed E-state index contributed by atoms with van der Waals surface area (Å²) in [4.78, 5) is 20.3. The molecule has 1 fully saturated rings. The van der Waals surface area contributed by atoms with Crippen molar-refractivity contribution in [3.05, 3.63) is 15.6 Å². The topological polar surface area (TPSA) is 93.0 Å². The van der Waals surface area contributed by atoms with Crippen molar-refractivity contribution in [1.82, 2.24) is 9.88 Å². The van der Waals surface area contributed by atoms with E-state index < -0.39 is 15.4 Å². The minimum atomic E-state index is -3.61. The highest BCUT2D eigenvalue weighted by Crippen LogP contribution is 2.38. The summed E-state index contributed by atoms with van der Waals surface area (Å²) in [6, 6.07) is 1.66. The van der Waals surface area contributed by atoms with Crippen molar-refractivity contribution in [3.8, 4) is 0 Å². The van der Waals surface area contributed by atoms with Crippen LogP contribution in [0.1, 0.15) is 27.7 Å². The maximum absolute atomic E-state index is 12.3. The molecule has 1 aromatic carbocycles. The zero-order chi connectivity index (χ0) is 21.7. The predicted octanol–water partition coefficient (Wildman–Crippen LogP) is 4.09. The Kier molecular flexibility index (Phi) is 5.83. The number of anilines is 1. The first-order valence-electron chi connectivity index (χ1n) is 9.01. The molecule has 2 aromatic rings. The number of aromatic nitrogens is 1. The summed E-state index contributed by atoms with van der Waals surface area (Å²) in [6.07, 6.45) is 0.716. The van der Waals surface area contributed by atoms with Gasteiger partial charge in [0.1, 0.15) is 16.0 Å². The first-order valence-corrected chi connectivity index (χ1v) is 12.1. The average molecular weight is 509 g/mol. The van der Waals surface area contributed by atoms with Crippen molar-refractivity contribution in [2.24, 2.45) is 0 Å². The molecule has 1 saturated heterocycles. The minimum Gasteiger partial charge on any atom is -0.444 e. The molecule has 1 aliphatic rings. The number of hydrogen-bond donors (Lipinski definition) is 0. The van der Waals surface area contributed by atoms with E-state index in [2.05, 4.69) is 20.9 Å². The highest BCUT2D eigenvalue weighted by atomic mass is 79.9. The maximum atomic E-state index is 12.3. The molecule has 3 rings (SSSR count). The van der Waals surface area contributed by atoms with Crippen LogP contribution in [0.5, 0.6) is 0 Å². The van der Waals surface area contributed by atoms with Gasteiger partial charge in [0.15, 0.2) is 15.4 Å². The Bertz CT molecular complexity index is 1060. The summed E-state index contributed by atoms with van der Waals surface area (Å²) < 4.78 is 36.3. The fraction of sp³-hybridized carbons (Fsp3) is 0.556. The Labute approximate surface area is 183 Å². The molecule has 1 amide bonds. The van der Waals surface area contributed by atoms with Gasteiger partial charge in [-0.25, -0.2) is 13.2 Å². The van der Waals surface area contributed by atoms with Gasteiger partial charge >= 0.3 is 6.09 Å². The predicted molar refractivity (Wildman–Crippen MR) is 114 cm³/mol. The largest absolute Gasteiger partial charge is 0.444 e.